The molecule has 18 heavy (non-hydrogen) atoms. The number of hydrogen-bond donors (Lipinski definition) is 1. The number of thiophene rings is 1. The summed E-state index contributed by atoms with van der Waals surface area (Å²) in [6.45, 7) is 0.850. The van der Waals surface area contributed by atoms with Gasteiger partial charge in [0.1, 0.15) is 5.52 Å². The molecule has 1 aromatic carbocycles. The van der Waals surface area contributed by atoms with E-state index < -0.39 is 0 Å². The third-order valence-electron chi connectivity index (χ3n) is 2.78. The van der Waals surface area contributed by atoms with Crippen LogP contribution in [0, 0.1) is 0 Å². The summed E-state index contributed by atoms with van der Waals surface area (Å²) in [5, 5.41) is 5.21. The first-order valence-electron chi connectivity index (χ1n) is 5.90. The van der Waals surface area contributed by atoms with Crippen molar-refractivity contribution >= 4 is 22.4 Å². The molecule has 0 bridgehead atoms. The van der Waals surface area contributed by atoms with Crippen LogP contribution in [-0.2, 0) is 13.0 Å². The molecule has 3 aromatic rings. The van der Waals surface area contributed by atoms with Crippen molar-refractivity contribution in [3.63, 3.8) is 0 Å². The summed E-state index contributed by atoms with van der Waals surface area (Å²) >= 11 is 1.73. The molecule has 0 radical (unpaired) electrons. The minimum atomic E-state index is 0.772. The number of nitrogens with one attached hydrogen (secondary N) is 1. The highest BCUT2D eigenvalue weighted by Gasteiger charge is 2.07. The summed E-state index contributed by atoms with van der Waals surface area (Å²) in [4.78, 5) is 5.82. The Balaban J connectivity index is 1.90. The van der Waals surface area contributed by atoms with Crippen molar-refractivity contribution in [1.29, 1.82) is 0 Å². The molecule has 0 spiro atoms. The first-order valence-corrected chi connectivity index (χ1v) is 6.78. The van der Waals surface area contributed by atoms with Gasteiger partial charge in [0, 0.05) is 11.4 Å². The highest BCUT2D eigenvalue weighted by Crippen LogP contribution is 2.20. The fraction of sp³-hybridized carbons (Fsp3) is 0.214. The molecule has 0 aliphatic rings. The molecule has 0 saturated heterocycles. The predicted octanol–water partition coefficient (Wildman–Crippen LogP) is 3.20. The lowest BCUT2D eigenvalue weighted by Crippen LogP contribution is -2.04. The summed E-state index contributed by atoms with van der Waals surface area (Å²) < 4.78 is 5.75. The third-order valence-corrected chi connectivity index (χ3v) is 3.66. The van der Waals surface area contributed by atoms with Crippen LogP contribution in [0.3, 0.4) is 0 Å². The van der Waals surface area contributed by atoms with Crippen molar-refractivity contribution in [1.82, 2.24) is 10.3 Å². The molecule has 3 rings (SSSR count). The molecule has 0 amide bonds. The number of oxazole rings is 1. The van der Waals surface area contributed by atoms with Gasteiger partial charge >= 0.3 is 0 Å². The van der Waals surface area contributed by atoms with E-state index in [1.54, 1.807) is 11.3 Å². The zero-order valence-corrected chi connectivity index (χ0v) is 11.0. The van der Waals surface area contributed by atoms with Crippen LogP contribution in [0.5, 0.6) is 0 Å². The first-order chi connectivity index (χ1) is 8.85. The van der Waals surface area contributed by atoms with Crippen LogP contribution in [0.15, 0.2) is 40.1 Å². The van der Waals surface area contributed by atoms with Crippen LogP contribution in [0.1, 0.15) is 16.3 Å². The monoisotopic (exact) mass is 258 g/mol. The van der Waals surface area contributed by atoms with Crippen LogP contribution >= 0.6 is 11.3 Å². The van der Waals surface area contributed by atoms with Gasteiger partial charge in [-0.05, 0) is 36.2 Å². The number of rotatable bonds is 4. The van der Waals surface area contributed by atoms with Gasteiger partial charge in [0.05, 0.1) is 6.42 Å². The normalized spacial score (nSPS) is 11.2. The maximum Gasteiger partial charge on any atom is 0.200 e. The largest absolute Gasteiger partial charge is 0.440 e. The molecule has 0 aliphatic heterocycles. The predicted molar refractivity (Wildman–Crippen MR) is 73.9 cm³/mol. The number of aromatic nitrogens is 1. The van der Waals surface area contributed by atoms with Gasteiger partial charge in [0.2, 0.25) is 5.89 Å². The van der Waals surface area contributed by atoms with Gasteiger partial charge in [0.25, 0.3) is 0 Å². The second-order valence-electron chi connectivity index (χ2n) is 4.20. The van der Waals surface area contributed by atoms with Crippen LogP contribution in [0.2, 0.25) is 0 Å². The van der Waals surface area contributed by atoms with Gasteiger partial charge in [-0.25, -0.2) is 4.98 Å². The lowest BCUT2D eigenvalue weighted by atomic mass is 10.2. The van der Waals surface area contributed by atoms with Crippen molar-refractivity contribution in [2.24, 2.45) is 0 Å². The van der Waals surface area contributed by atoms with E-state index in [1.165, 1.54) is 10.4 Å². The second-order valence-corrected chi connectivity index (χ2v) is 5.23. The Labute approximate surface area is 109 Å². The number of fused-ring (bicyclic) bond motifs is 1. The van der Waals surface area contributed by atoms with Crippen LogP contribution in [0.25, 0.3) is 11.1 Å². The first kappa shape index (κ1) is 11.4. The van der Waals surface area contributed by atoms with E-state index in [-0.39, 0.29) is 0 Å². The Morgan fingerprint density at radius 3 is 3.06 bits per heavy atom. The van der Waals surface area contributed by atoms with Crippen LogP contribution < -0.4 is 5.32 Å². The number of nitrogens with zero attached hydrogens (tertiary/aromatic N) is 1. The van der Waals surface area contributed by atoms with Crippen molar-refractivity contribution in [3.05, 3.63) is 52.0 Å². The molecule has 92 valence electrons. The standard InChI is InChI=1S/C14H14N2OS/c1-15-9-10-4-5-13-12(7-10)16-14(17-13)8-11-3-2-6-18-11/h2-7,15H,8-9H2,1H3. The molecule has 1 N–H and O–H groups in total. The highest BCUT2D eigenvalue weighted by atomic mass is 32.1. The third kappa shape index (κ3) is 2.30. The quantitative estimate of drug-likeness (QED) is 0.781. The van der Waals surface area contributed by atoms with Crippen LogP contribution in [-0.4, -0.2) is 12.0 Å². The maximum absolute atomic E-state index is 5.75. The molecule has 2 aromatic heterocycles. The summed E-state index contributed by atoms with van der Waals surface area (Å²) in [5.41, 5.74) is 3.02. The minimum absolute atomic E-state index is 0.772. The maximum atomic E-state index is 5.75. The van der Waals surface area contributed by atoms with Gasteiger partial charge in [-0.2, -0.15) is 0 Å². The van der Waals surface area contributed by atoms with E-state index in [4.69, 9.17) is 4.42 Å². The zero-order chi connectivity index (χ0) is 12.4. The number of hydrogen-bond acceptors (Lipinski definition) is 4. The molecule has 0 saturated carbocycles. The van der Waals surface area contributed by atoms with E-state index in [1.807, 2.05) is 19.2 Å². The molecule has 0 unspecified atom stereocenters. The van der Waals surface area contributed by atoms with Crippen molar-refractivity contribution in [3.8, 4) is 0 Å². The average Bonchev–Trinajstić information content (AvgIpc) is 2.98. The molecular formula is C14H14N2OS. The number of benzene rings is 1. The zero-order valence-electron chi connectivity index (χ0n) is 10.1. The Morgan fingerprint density at radius 2 is 2.28 bits per heavy atom. The topological polar surface area (TPSA) is 38.1 Å². The van der Waals surface area contributed by atoms with E-state index in [9.17, 15) is 0 Å². The molecular weight excluding hydrogens is 244 g/mol. The summed E-state index contributed by atoms with van der Waals surface area (Å²) in [7, 11) is 1.94. The van der Waals surface area contributed by atoms with Gasteiger partial charge in [0.15, 0.2) is 5.58 Å². The minimum Gasteiger partial charge on any atom is -0.440 e. The second kappa shape index (κ2) is 4.92. The summed E-state index contributed by atoms with van der Waals surface area (Å²) in [6.07, 6.45) is 0.772. The van der Waals surface area contributed by atoms with Crippen molar-refractivity contribution in [2.75, 3.05) is 7.05 Å². The molecule has 4 heteroatoms. The van der Waals surface area contributed by atoms with E-state index in [0.29, 0.717) is 0 Å². The fourth-order valence-corrected chi connectivity index (χ4v) is 2.67. The summed E-state index contributed by atoms with van der Waals surface area (Å²) in [6, 6.07) is 10.3. The molecule has 0 fully saturated rings. The van der Waals surface area contributed by atoms with E-state index in [2.05, 4.69) is 33.9 Å². The Hall–Kier alpha value is -1.65. The molecule has 3 nitrogen and oxygen atoms in total. The van der Waals surface area contributed by atoms with Gasteiger partial charge in [-0.15, -0.1) is 11.3 Å². The van der Waals surface area contributed by atoms with Crippen molar-refractivity contribution < 1.29 is 4.42 Å². The molecule has 0 atom stereocenters. The fourth-order valence-electron chi connectivity index (χ4n) is 1.97. The smallest absolute Gasteiger partial charge is 0.200 e. The SMILES string of the molecule is CNCc1ccc2oc(Cc3cccs3)nc2c1. The van der Waals surface area contributed by atoms with Gasteiger partial charge < -0.3 is 9.73 Å². The Morgan fingerprint density at radius 1 is 1.33 bits per heavy atom. The Kier molecular flexibility index (Phi) is 3.13. The van der Waals surface area contributed by atoms with Gasteiger partial charge in [-0.1, -0.05) is 12.1 Å². The lowest BCUT2D eigenvalue weighted by Gasteiger charge is -1.97. The molecule has 0 aliphatic carbocycles. The van der Waals surface area contributed by atoms with E-state index >= 15 is 0 Å². The lowest BCUT2D eigenvalue weighted by molar-refractivity contribution is 0.545. The van der Waals surface area contributed by atoms with Crippen molar-refractivity contribution in [2.45, 2.75) is 13.0 Å². The van der Waals surface area contributed by atoms with Gasteiger partial charge in [-0.3, -0.25) is 0 Å². The Bertz CT molecular complexity index is 643. The van der Waals surface area contributed by atoms with Crippen LogP contribution in [0.4, 0.5) is 0 Å². The average molecular weight is 258 g/mol. The van der Waals surface area contributed by atoms with E-state index in [0.717, 1.165) is 30.0 Å². The highest BCUT2D eigenvalue weighted by molar-refractivity contribution is 7.09. The summed E-state index contributed by atoms with van der Waals surface area (Å²) in [5.74, 6) is 0.786. The molecule has 2 heterocycles.